The molecule has 1 aromatic rings. The van der Waals surface area contributed by atoms with Crippen LogP contribution in [0.5, 0.6) is 0 Å². The van der Waals surface area contributed by atoms with E-state index in [1.165, 1.54) is 6.07 Å². The number of guanidine groups is 1. The Labute approximate surface area is 158 Å². The molecule has 2 fully saturated rings. The minimum atomic E-state index is -0.140. The van der Waals surface area contributed by atoms with Crippen LogP contribution in [0.3, 0.4) is 0 Å². The van der Waals surface area contributed by atoms with Crippen LogP contribution in [0.15, 0.2) is 29.3 Å². The Hall–Kier alpha value is -1.38. The standard InChI is InChI=1S/C17H23FN4O.HI/c1-2-19-17(21-11-7-8-16(23)20-10-11)22-15-9-13(15)12-5-3-4-6-14(12)18;/h3-6,11,13,15H,2,7-10H2,1H3,(H,20,23)(H2,19,21,22);1H. The molecular weight excluding hydrogens is 422 g/mol. The fourth-order valence-corrected chi connectivity index (χ4v) is 2.99. The number of piperidine rings is 1. The van der Waals surface area contributed by atoms with Crippen LogP contribution in [0.25, 0.3) is 0 Å². The zero-order valence-electron chi connectivity index (χ0n) is 13.7. The average Bonchev–Trinajstić information content (AvgIpc) is 3.29. The summed E-state index contributed by atoms with van der Waals surface area (Å²) in [5.74, 6) is 0.911. The van der Waals surface area contributed by atoms with E-state index < -0.39 is 0 Å². The Bertz CT molecular complexity index is 600. The van der Waals surface area contributed by atoms with Crippen molar-refractivity contribution < 1.29 is 9.18 Å². The topological polar surface area (TPSA) is 65.5 Å². The molecular formula is C17H24FIN4O. The van der Waals surface area contributed by atoms with Gasteiger partial charge in [0, 0.05) is 37.5 Å². The molecule has 1 aromatic carbocycles. The van der Waals surface area contributed by atoms with Crippen LogP contribution in [-0.2, 0) is 4.79 Å². The van der Waals surface area contributed by atoms with Gasteiger partial charge in [0.05, 0.1) is 0 Å². The second kappa shape index (κ2) is 8.64. The second-order valence-corrected chi connectivity index (χ2v) is 6.12. The van der Waals surface area contributed by atoms with E-state index >= 15 is 0 Å². The molecule has 3 N–H and O–H groups in total. The predicted octanol–water partition coefficient (Wildman–Crippen LogP) is 2.13. The number of carbonyl (C=O) groups is 1. The van der Waals surface area contributed by atoms with E-state index in [2.05, 4.69) is 20.9 Å². The molecule has 132 valence electrons. The van der Waals surface area contributed by atoms with Crippen LogP contribution in [0.1, 0.15) is 37.7 Å². The highest BCUT2D eigenvalue weighted by molar-refractivity contribution is 14.0. The van der Waals surface area contributed by atoms with Crippen molar-refractivity contribution in [3.63, 3.8) is 0 Å². The van der Waals surface area contributed by atoms with Crippen molar-refractivity contribution in [1.29, 1.82) is 0 Å². The number of carbonyl (C=O) groups excluding carboxylic acids is 1. The number of benzene rings is 1. The number of aliphatic imine (C=N–C) groups is 1. The van der Waals surface area contributed by atoms with E-state index in [9.17, 15) is 9.18 Å². The molecule has 3 rings (SSSR count). The maximum atomic E-state index is 13.8. The number of amides is 1. The lowest BCUT2D eigenvalue weighted by atomic mass is 10.1. The molecule has 2 aliphatic rings. The van der Waals surface area contributed by atoms with Crippen molar-refractivity contribution >= 4 is 35.8 Å². The number of hydrogen-bond donors (Lipinski definition) is 3. The van der Waals surface area contributed by atoms with Crippen molar-refractivity contribution in [3.05, 3.63) is 35.6 Å². The summed E-state index contributed by atoms with van der Waals surface area (Å²) in [6.45, 7) is 3.27. The first-order valence-corrected chi connectivity index (χ1v) is 8.26. The minimum absolute atomic E-state index is 0. The molecule has 1 saturated heterocycles. The lowest BCUT2D eigenvalue weighted by Crippen LogP contribution is -2.51. The fraction of sp³-hybridized carbons (Fsp3) is 0.529. The van der Waals surface area contributed by atoms with E-state index in [1.807, 2.05) is 19.1 Å². The van der Waals surface area contributed by atoms with Crippen LogP contribution < -0.4 is 16.0 Å². The summed E-state index contributed by atoms with van der Waals surface area (Å²) in [5.41, 5.74) is 0.769. The number of nitrogens with zero attached hydrogens (tertiary/aromatic N) is 1. The summed E-state index contributed by atoms with van der Waals surface area (Å²) in [4.78, 5) is 15.7. The first-order valence-electron chi connectivity index (χ1n) is 8.26. The molecule has 1 amide bonds. The first-order chi connectivity index (χ1) is 11.2. The zero-order chi connectivity index (χ0) is 16.2. The smallest absolute Gasteiger partial charge is 0.220 e. The van der Waals surface area contributed by atoms with Crippen LogP contribution in [0, 0.1) is 5.82 Å². The van der Waals surface area contributed by atoms with Gasteiger partial charge in [-0.1, -0.05) is 18.2 Å². The SMILES string of the molecule is CCN=C(NC1CCC(=O)NC1)NC1CC1c1ccccc1F.I. The van der Waals surface area contributed by atoms with Gasteiger partial charge in [-0.3, -0.25) is 9.79 Å². The Morgan fingerprint density at radius 1 is 1.38 bits per heavy atom. The Morgan fingerprint density at radius 3 is 2.83 bits per heavy atom. The number of halogens is 2. The minimum Gasteiger partial charge on any atom is -0.354 e. The summed E-state index contributed by atoms with van der Waals surface area (Å²) >= 11 is 0. The highest BCUT2D eigenvalue weighted by Gasteiger charge is 2.40. The fourth-order valence-electron chi connectivity index (χ4n) is 2.99. The molecule has 1 heterocycles. The van der Waals surface area contributed by atoms with Gasteiger partial charge < -0.3 is 16.0 Å². The zero-order valence-corrected chi connectivity index (χ0v) is 16.0. The highest BCUT2D eigenvalue weighted by Crippen LogP contribution is 2.41. The Kier molecular flexibility index (Phi) is 6.82. The Morgan fingerprint density at radius 2 is 2.17 bits per heavy atom. The highest BCUT2D eigenvalue weighted by atomic mass is 127. The molecule has 3 atom stereocenters. The van der Waals surface area contributed by atoms with Gasteiger partial charge in [-0.05, 0) is 31.4 Å². The molecule has 0 spiro atoms. The van der Waals surface area contributed by atoms with E-state index in [0.29, 0.717) is 19.5 Å². The van der Waals surface area contributed by atoms with Crippen molar-refractivity contribution in [1.82, 2.24) is 16.0 Å². The first kappa shape index (κ1) is 19.0. The maximum Gasteiger partial charge on any atom is 0.220 e. The van der Waals surface area contributed by atoms with Crippen LogP contribution in [0.4, 0.5) is 4.39 Å². The number of nitrogens with one attached hydrogen (secondary N) is 3. The average molecular weight is 446 g/mol. The van der Waals surface area contributed by atoms with E-state index in [0.717, 1.165) is 24.4 Å². The third kappa shape index (κ3) is 4.81. The number of rotatable bonds is 4. The van der Waals surface area contributed by atoms with Crippen molar-refractivity contribution in [2.75, 3.05) is 13.1 Å². The number of hydrogen-bond acceptors (Lipinski definition) is 2. The molecule has 0 aromatic heterocycles. The van der Waals surface area contributed by atoms with Crippen molar-refractivity contribution in [2.45, 2.75) is 44.2 Å². The summed E-state index contributed by atoms with van der Waals surface area (Å²) in [5, 5.41) is 9.61. The van der Waals surface area contributed by atoms with E-state index in [4.69, 9.17) is 0 Å². The molecule has 0 radical (unpaired) electrons. The molecule has 7 heteroatoms. The molecule has 1 aliphatic carbocycles. The monoisotopic (exact) mass is 446 g/mol. The van der Waals surface area contributed by atoms with Gasteiger partial charge in [0.1, 0.15) is 5.82 Å². The van der Waals surface area contributed by atoms with Crippen molar-refractivity contribution in [2.24, 2.45) is 4.99 Å². The summed E-state index contributed by atoms with van der Waals surface area (Å²) in [7, 11) is 0. The third-order valence-electron chi connectivity index (χ3n) is 4.34. The van der Waals surface area contributed by atoms with Gasteiger partial charge in [-0.25, -0.2) is 4.39 Å². The normalized spacial score (nSPS) is 26.2. The van der Waals surface area contributed by atoms with Crippen molar-refractivity contribution in [3.8, 4) is 0 Å². The molecule has 0 bridgehead atoms. The lowest BCUT2D eigenvalue weighted by Gasteiger charge is -2.25. The summed E-state index contributed by atoms with van der Waals surface area (Å²) < 4.78 is 13.8. The Balaban J connectivity index is 0.00000208. The molecule has 3 unspecified atom stereocenters. The van der Waals surface area contributed by atoms with Gasteiger partial charge >= 0.3 is 0 Å². The van der Waals surface area contributed by atoms with Gasteiger partial charge in [-0.2, -0.15) is 0 Å². The third-order valence-corrected chi connectivity index (χ3v) is 4.34. The lowest BCUT2D eigenvalue weighted by molar-refractivity contribution is -0.122. The van der Waals surface area contributed by atoms with Gasteiger partial charge in [0.15, 0.2) is 5.96 Å². The molecule has 1 saturated carbocycles. The summed E-state index contributed by atoms with van der Waals surface area (Å²) in [6, 6.07) is 7.35. The molecule has 1 aliphatic heterocycles. The van der Waals surface area contributed by atoms with Crippen LogP contribution in [0.2, 0.25) is 0 Å². The van der Waals surface area contributed by atoms with Gasteiger partial charge in [0.2, 0.25) is 5.91 Å². The van der Waals surface area contributed by atoms with Crippen LogP contribution >= 0.6 is 24.0 Å². The van der Waals surface area contributed by atoms with Gasteiger partial charge in [0.25, 0.3) is 0 Å². The van der Waals surface area contributed by atoms with Crippen LogP contribution in [-0.4, -0.2) is 37.0 Å². The largest absolute Gasteiger partial charge is 0.354 e. The van der Waals surface area contributed by atoms with E-state index in [1.54, 1.807) is 6.07 Å². The molecule has 5 nitrogen and oxygen atoms in total. The second-order valence-electron chi connectivity index (χ2n) is 6.12. The summed E-state index contributed by atoms with van der Waals surface area (Å²) in [6.07, 6.45) is 2.25. The quantitative estimate of drug-likeness (QED) is 0.377. The van der Waals surface area contributed by atoms with E-state index in [-0.39, 0.29) is 53.7 Å². The van der Waals surface area contributed by atoms with Gasteiger partial charge in [-0.15, -0.1) is 24.0 Å². The molecule has 24 heavy (non-hydrogen) atoms. The predicted molar refractivity (Wildman–Crippen MR) is 103 cm³/mol. The maximum absolute atomic E-state index is 13.8.